The molecule has 0 aromatic carbocycles. The minimum Gasteiger partial charge on any atom is -0.243 e. The van der Waals surface area contributed by atoms with E-state index in [0.717, 1.165) is 0 Å². The van der Waals surface area contributed by atoms with Gasteiger partial charge in [-0.3, -0.25) is 0 Å². The molecule has 1 heterocycles. The summed E-state index contributed by atoms with van der Waals surface area (Å²) in [5.41, 5.74) is -3.09. The predicted octanol–water partition coefficient (Wildman–Crippen LogP) is 1.28. The van der Waals surface area contributed by atoms with Gasteiger partial charge < -0.3 is 0 Å². The van der Waals surface area contributed by atoms with Gasteiger partial charge in [-0.15, -0.1) is 0 Å². The Hall–Kier alpha value is -0.330. The van der Waals surface area contributed by atoms with E-state index >= 15 is 0 Å². The summed E-state index contributed by atoms with van der Waals surface area (Å²) in [6, 6.07) is 0. The highest BCUT2D eigenvalue weighted by atomic mass is 32.2. The van der Waals surface area contributed by atoms with Gasteiger partial charge in [-0.1, -0.05) is 6.92 Å². The highest BCUT2D eigenvalue weighted by molar-refractivity contribution is 7.93. The molecular weight excluding hydrogens is 200 g/mol. The van der Waals surface area contributed by atoms with Crippen molar-refractivity contribution in [3.63, 3.8) is 0 Å². The maximum absolute atomic E-state index is 12.5. The van der Waals surface area contributed by atoms with Crippen molar-refractivity contribution < 1.29 is 26.0 Å². The van der Waals surface area contributed by atoms with Crippen LogP contribution in [0.1, 0.15) is 6.92 Å². The third kappa shape index (κ3) is 0.884. The van der Waals surface area contributed by atoms with E-state index in [1.165, 1.54) is 0 Å². The fraction of sp³-hybridized carbons (Fsp3) is 1.00. The molecule has 0 aliphatic carbocycles. The van der Waals surface area contributed by atoms with Crippen molar-refractivity contribution in [1.29, 1.82) is 0 Å². The molecule has 0 radical (unpaired) electrons. The van der Waals surface area contributed by atoms with Crippen molar-refractivity contribution in [2.75, 3.05) is 0 Å². The van der Waals surface area contributed by atoms with Gasteiger partial charge >= 0.3 is 5.25 Å². The van der Waals surface area contributed by atoms with Gasteiger partial charge in [0.15, 0.2) is 6.17 Å². The molecule has 1 rings (SSSR count). The summed E-state index contributed by atoms with van der Waals surface area (Å²) in [5.74, 6) is -2.11. The van der Waals surface area contributed by atoms with Crippen molar-refractivity contribution >= 4 is 9.84 Å². The number of hydrogen-bond acceptors (Lipinski definition) is 2. The lowest BCUT2D eigenvalue weighted by molar-refractivity contribution is 0.0121. The molecule has 0 saturated carbocycles. The highest BCUT2D eigenvalue weighted by Gasteiger charge is 2.67. The molecule has 3 atom stereocenters. The Labute approximate surface area is 66.5 Å². The van der Waals surface area contributed by atoms with E-state index in [1.807, 2.05) is 0 Å². The van der Waals surface area contributed by atoms with Crippen LogP contribution in [-0.2, 0) is 9.84 Å². The minimum absolute atomic E-state index is 0.668. The molecule has 7 heteroatoms. The largest absolute Gasteiger partial charge is 0.354 e. The molecule has 12 heavy (non-hydrogen) atoms. The summed E-state index contributed by atoms with van der Waals surface area (Å²) >= 11 is 0. The van der Waals surface area contributed by atoms with E-state index in [-0.39, 0.29) is 0 Å². The van der Waals surface area contributed by atoms with Gasteiger partial charge in [-0.25, -0.2) is 17.2 Å². The SMILES string of the molecule is CC1C(F)C(F)S(=O)(=O)C1(F)F. The summed E-state index contributed by atoms with van der Waals surface area (Å²) in [6.07, 6.45) is -2.63. The topological polar surface area (TPSA) is 34.1 Å². The molecule has 2 nitrogen and oxygen atoms in total. The first-order valence-corrected chi connectivity index (χ1v) is 4.67. The van der Waals surface area contributed by atoms with Gasteiger partial charge in [0.05, 0.1) is 5.92 Å². The Balaban J connectivity index is 3.24. The fourth-order valence-electron chi connectivity index (χ4n) is 0.993. The molecule has 0 spiro atoms. The molecule has 72 valence electrons. The summed E-state index contributed by atoms with van der Waals surface area (Å²) < 4.78 is 70.9. The van der Waals surface area contributed by atoms with Crippen LogP contribution in [0, 0.1) is 5.92 Å². The standard InChI is InChI=1S/C5H6F4O2S/c1-2-3(6)4(7)12(10,11)5(2,8)9/h2-4H,1H3. The van der Waals surface area contributed by atoms with Crippen molar-refractivity contribution in [3.8, 4) is 0 Å². The normalized spacial score (nSPS) is 44.6. The zero-order chi connectivity index (χ0) is 9.73. The maximum atomic E-state index is 12.5. The summed E-state index contributed by atoms with van der Waals surface area (Å²) in [7, 11) is -5.28. The first-order valence-electron chi connectivity index (χ1n) is 3.12. The van der Waals surface area contributed by atoms with Crippen LogP contribution in [0.3, 0.4) is 0 Å². The second-order valence-corrected chi connectivity index (χ2v) is 4.78. The van der Waals surface area contributed by atoms with Crippen LogP contribution >= 0.6 is 0 Å². The van der Waals surface area contributed by atoms with Gasteiger partial charge in [0.2, 0.25) is 15.3 Å². The summed E-state index contributed by atoms with van der Waals surface area (Å²) in [4.78, 5) is 0. The van der Waals surface area contributed by atoms with Crippen LogP contribution in [-0.4, -0.2) is 25.3 Å². The predicted molar refractivity (Wildman–Crippen MR) is 32.8 cm³/mol. The molecule has 1 aliphatic rings. The Bertz CT molecular complexity index is 286. The molecule has 0 aromatic heterocycles. The number of halogens is 4. The molecule has 0 amide bonds. The third-order valence-corrected chi connectivity index (χ3v) is 3.92. The van der Waals surface area contributed by atoms with E-state index in [9.17, 15) is 26.0 Å². The highest BCUT2D eigenvalue weighted by Crippen LogP contribution is 2.46. The molecule has 0 N–H and O–H groups in total. The number of alkyl halides is 4. The minimum atomic E-state index is -5.28. The van der Waals surface area contributed by atoms with Crippen LogP contribution in [0.4, 0.5) is 17.6 Å². The monoisotopic (exact) mass is 206 g/mol. The zero-order valence-corrected chi connectivity index (χ0v) is 6.79. The number of sulfone groups is 1. The van der Waals surface area contributed by atoms with Crippen LogP contribution in [0.25, 0.3) is 0 Å². The average Bonchev–Trinajstić information content (AvgIpc) is 2.05. The maximum Gasteiger partial charge on any atom is 0.354 e. The van der Waals surface area contributed by atoms with E-state index in [0.29, 0.717) is 6.92 Å². The lowest BCUT2D eigenvalue weighted by atomic mass is 10.1. The second-order valence-electron chi connectivity index (χ2n) is 2.69. The average molecular weight is 206 g/mol. The van der Waals surface area contributed by atoms with Gasteiger partial charge in [-0.05, 0) is 0 Å². The van der Waals surface area contributed by atoms with Gasteiger partial charge in [-0.2, -0.15) is 8.78 Å². The van der Waals surface area contributed by atoms with Gasteiger partial charge in [0.1, 0.15) is 0 Å². The molecule has 0 bridgehead atoms. The molecular formula is C5H6F4O2S. The molecule has 0 aromatic rings. The van der Waals surface area contributed by atoms with E-state index in [4.69, 9.17) is 0 Å². The Morgan fingerprint density at radius 1 is 1.25 bits per heavy atom. The lowest BCUT2D eigenvalue weighted by Gasteiger charge is -2.12. The smallest absolute Gasteiger partial charge is 0.243 e. The number of hydrogen-bond donors (Lipinski definition) is 0. The Morgan fingerprint density at radius 2 is 1.67 bits per heavy atom. The molecule has 1 fully saturated rings. The van der Waals surface area contributed by atoms with E-state index < -0.39 is 32.7 Å². The first-order chi connectivity index (χ1) is 5.23. The Kier molecular flexibility index (Phi) is 1.90. The Morgan fingerprint density at radius 3 is 1.75 bits per heavy atom. The van der Waals surface area contributed by atoms with Gasteiger partial charge in [0.25, 0.3) is 0 Å². The van der Waals surface area contributed by atoms with E-state index in [1.54, 1.807) is 0 Å². The fourth-order valence-corrected chi connectivity index (χ4v) is 2.52. The van der Waals surface area contributed by atoms with Crippen LogP contribution in [0.2, 0.25) is 0 Å². The van der Waals surface area contributed by atoms with Gasteiger partial charge in [0, 0.05) is 0 Å². The van der Waals surface area contributed by atoms with Crippen LogP contribution in [0.5, 0.6) is 0 Å². The van der Waals surface area contributed by atoms with Crippen molar-refractivity contribution in [2.45, 2.75) is 23.9 Å². The van der Waals surface area contributed by atoms with Crippen molar-refractivity contribution in [3.05, 3.63) is 0 Å². The van der Waals surface area contributed by atoms with E-state index in [2.05, 4.69) is 0 Å². The summed E-state index contributed by atoms with van der Waals surface area (Å²) in [6.45, 7) is 0.668. The quantitative estimate of drug-likeness (QED) is 0.559. The lowest BCUT2D eigenvalue weighted by Crippen LogP contribution is -2.30. The first kappa shape index (κ1) is 9.76. The van der Waals surface area contributed by atoms with Crippen molar-refractivity contribution in [1.82, 2.24) is 0 Å². The second kappa shape index (κ2) is 2.34. The third-order valence-electron chi connectivity index (χ3n) is 1.93. The van der Waals surface area contributed by atoms with Crippen LogP contribution in [0.15, 0.2) is 0 Å². The molecule has 3 unspecified atom stereocenters. The number of rotatable bonds is 0. The molecule has 1 saturated heterocycles. The zero-order valence-electron chi connectivity index (χ0n) is 5.97. The summed E-state index contributed by atoms with van der Waals surface area (Å²) in [5, 5.41) is -4.29. The molecule has 1 aliphatic heterocycles. The van der Waals surface area contributed by atoms with Crippen molar-refractivity contribution in [2.24, 2.45) is 5.92 Å². The van der Waals surface area contributed by atoms with Crippen LogP contribution < -0.4 is 0 Å².